The van der Waals surface area contributed by atoms with Crippen LogP contribution in [0.1, 0.15) is 22.8 Å². The predicted octanol–water partition coefficient (Wildman–Crippen LogP) is 2.95. The van der Waals surface area contributed by atoms with Crippen molar-refractivity contribution in [2.75, 3.05) is 6.54 Å². The maximum Gasteiger partial charge on any atom is 0.407 e. The Labute approximate surface area is 124 Å². The summed E-state index contributed by atoms with van der Waals surface area (Å²) in [5.41, 5.74) is 2.82. The van der Waals surface area contributed by atoms with Gasteiger partial charge >= 0.3 is 6.09 Å². The molecule has 0 fully saturated rings. The van der Waals surface area contributed by atoms with Gasteiger partial charge in [-0.05, 0) is 18.1 Å². The van der Waals surface area contributed by atoms with Crippen LogP contribution in [0.5, 0.6) is 0 Å². The molecule has 0 bridgehead atoms. The molecule has 21 heavy (non-hydrogen) atoms. The van der Waals surface area contributed by atoms with E-state index in [4.69, 9.17) is 4.74 Å². The van der Waals surface area contributed by atoms with E-state index in [0.29, 0.717) is 0 Å². The Morgan fingerprint density at radius 3 is 2.48 bits per heavy atom. The highest BCUT2D eigenvalue weighted by atomic mass is 16.5. The summed E-state index contributed by atoms with van der Waals surface area (Å²) >= 11 is 0. The molecular weight excluding hydrogens is 266 g/mol. The van der Waals surface area contributed by atoms with Crippen molar-refractivity contribution < 1.29 is 14.6 Å². The molecule has 0 saturated carbocycles. The molecule has 0 saturated heterocycles. The number of benzene rings is 2. The number of nitrogens with one attached hydrogen (secondary N) is 1. The molecule has 110 valence electrons. The van der Waals surface area contributed by atoms with Gasteiger partial charge in [0.1, 0.15) is 6.61 Å². The van der Waals surface area contributed by atoms with Crippen molar-refractivity contribution in [2.24, 2.45) is 0 Å². The average Bonchev–Trinajstić information content (AvgIpc) is 2.52. The minimum Gasteiger partial charge on any atom is -0.445 e. The largest absolute Gasteiger partial charge is 0.445 e. The smallest absolute Gasteiger partial charge is 0.407 e. The van der Waals surface area contributed by atoms with Crippen LogP contribution in [0.2, 0.25) is 0 Å². The number of ether oxygens (including phenoxy) is 1. The normalized spacial score (nSPS) is 11.7. The molecule has 0 aliphatic rings. The highest BCUT2D eigenvalue weighted by molar-refractivity contribution is 5.67. The summed E-state index contributed by atoms with van der Waals surface area (Å²) in [6.07, 6.45) is -1.28. The van der Waals surface area contributed by atoms with Gasteiger partial charge < -0.3 is 15.2 Å². The average molecular weight is 285 g/mol. The Morgan fingerprint density at radius 1 is 1.14 bits per heavy atom. The molecule has 4 heteroatoms. The second-order valence-electron chi connectivity index (χ2n) is 4.87. The summed E-state index contributed by atoms with van der Waals surface area (Å²) in [6, 6.07) is 17.0. The van der Waals surface area contributed by atoms with Crippen molar-refractivity contribution in [2.45, 2.75) is 19.6 Å². The van der Waals surface area contributed by atoms with E-state index in [-0.39, 0.29) is 13.2 Å². The highest BCUT2D eigenvalue weighted by Gasteiger charge is 2.09. The number of hydrogen-bond donors (Lipinski definition) is 2. The Bertz CT molecular complexity index is 566. The first-order valence-electron chi connectivity index (χ1n) is 6.84. The zero-order chi connectivity index (χ0) is 15.1. The van der Waals surface area contributed by atoms with Crippen molar-refractivity contribution in [1.82, 2.24) is 5.32 Å². The monoisotopic (exact) mass is 285 g/mol. The van der Waals surface area contributed by atoms with Gasteiger partial charge in [0.2, 0.25) is 0 Å². The first kappa shape index (κ1) is 15.1. The van der Waals surface area contributed by atoms with Gasteiger partial charge in [-0.25, -0.2) is 4.79 Å². The van der Waals surface area contributed by atoms with Gasteiger partial charge in [-0.15, -0.1) is 0 Å². The number of aliphatic hydroxyl groups excluding tert-OH is 1. The lowest BCUT2D eigenvalue weighted by Crippen LogP contribution is -2.28. The number of carbonyl (C=O) groups is 1. The molecule has 2 aromatic carbocycles. The van der Waals surface area contributed by atoms with Crippen molar-refractivity contribution >= 4 is 6.09 Å². The van der Waals surface area contributed by atoms with Crippen LogP contribution in [0, 0.1) is 6.92 Å². The Morgan fingerprint density at radius 2 is 1.81 bits per heavy atom. The fourth-order valence-corrected chi connectivity index (χ4v) is 1.86. The zero-order valence-electron chi connectivity index (χ0n) is 12.0. The van der Waals surface area contributed by atoms with Crippen LogP contribution in [-0.4, -0.2) is 17.7 Å². The molecule has 1 atom stereocenters. The van der Waals surface area contributed by atoms with E-state index in [1.165, 1.54) is 0 Å². The van der Waals surface area contributed by atoms with Crippen LogP contribution in [0.25, 0.3) is 0 Å². The van der Waals surface area contributed by atoms with Crippen LogP contribution in [0.3, 0.4) is 0 Å². The van der Waals surface area contributed by atoms with Crippen LogP contribution in [-0.2, 0) is 11.3 Å². The molecule has 0 aliphatic carbocycles. The van der Waals surface area contributed by atoms with Gasteiger partial charge in [0.25, 0.3) is 0 Å². The molecule has 0 aromatic heterocycles. The van der Waals surface area contributed by atoms with Crippen molar-refractivity contribution in [3.8, 4) is 0 Å². The molecule has 2 aromatic rings. The lowest BCUT2D eigenvalue weighted by atomic mass is 10.1. The Hall–Kier alpha value is -2.33. The minimum absolute atomic E-state index is 0.122. The van der Waals surface area contributed by atoms with Crippen molar-refractivity contribution in [3.63, 3.8) is 0 Å². The maximum absolute atomic E-state index is 11.6. The van der Waals surface area contributed by atoms with Gasteiger partial charge in [0.05, 0.1) is 12.6 Å². The molecule has 0 heterocycles. The SMILES string of the molecule is Cc1ccc(C(O)CNC(=O)OCc2ccccc2)cc1. The van der Waals surface area contributed by atoms with Crippen molar-refractivity contribution in [3.05, 3.63) is 71.3 Å². The molecular formula is C17H19NO3. The number of alkyl carbamates (subject to hydrolysis) is 1. The number of rotatable bonds is 5. The molecule has 4 nitrogen and oxygen atoms in total. The standard InChI is InChI=1S/C17H19NO3/c1-13-7-9-15(10-8-13)16(19)11-18-17(20)21-12-14-5-3-2-4-6-14/h2-10,16,19H,11-12H2,1H3,(H,18,20). The second-order valence-corrected chi connectivity index (χ2v) is 4.87. The van der Waals surface area contributed by atoms with E-state index >= 15 is 0 Å². The van der Waals surface area contributed by atoms with E-state index in [9.17, 15) is 9.90 Å². The van der Waals surface area contributed by atoms with E-state index in [0.717, 1.165) is 16.7 Å². The molecule has 2 rings (SSSR count). The summed E-state index contributed by atoms with van der Waals surface area (Å²) in [4.78, 5) is 11.6. The second kappa shape index (κ2) is 7.45. The van der Waals surface area contributed by atoms with Crippen LogP contribution >= 0.6 is 0 Å². The predicted molar refractivity (Wildman–Crippen MR) is 80.8 cm³/mol. The van der Waals surface area contributed by atoms with E-state index in [1.807, 2.05) is 61.5 Å². The van der Waals surface area contributed by atoms with Gasteiger partial charge in [-0.3, -0.25) is 0 Å². The topological polar surface area (TPSA) is 58.6 Å². The number of aliphatic hydroxyl groups is 1. The number of carbonyl (C=O) groups excluding carboxylic acids is 1. The third kappa shape index (κ3) is 4.93. The minimum atomic E-state index is -0.741. The number of aryl methyl sites for hydroxylation is 1. The zero-order valence-corrected chi connectivity index (χ0v) is 12.0. The quantitative estimate of drug-likeness (QED) is 0.888. The van der Waals surface area contributed by atoms with E-state index in [2.05, 4.69) is 5.32 Å². The molecule has 2 N–H and O–H groups in total. The summed E-state index contributed by atoms with van der Waals surface area (Å²) in [5.74, 6) is 0. The highest BCUT2D eigenvalue weighted by Crippen LogP contribution is 2.12. The maximum atomic E-state index is 11.6. The number of amides is 1. The number of hydrogen-bond acceptors (Lipinski definition) is 3. The van der Waals surface area contributed by atoms with Crippen molar-refractivity contribution in [1.29, 1.82) is 0 Å². The molecule has 1 amide bonds. The first-order chi connectivity index (χ1) is 10.1. The van der Waals surface area contributed by atoms with Crippen LogP contribution < -0.4 is 5.32 Å². The van der Waals surface area contributed by atoms with E-state index in [1.54, 1.807) is 0 Å². The third-order valence-corrected chi connectivity index (χ3v) is 3.11. The van der Waals surface area contributed by atoms with Gasteiger partial charge in [0, 0.05) is 0 Å². The lowest BCUT2D eigenvalue weighted by Gasteiger charge is -2.12. The fraction of sp³-hybridized carbons (Fsp3) is 0.235. The van der Waals surface area contributed by atoms with Gasteiger partial charge in [-0.1, -0.05) is 60.2 Å². The molecule has 1 unspecified atom stereocenters. The first-order valence-corrected chi connectivity index (χ1v) is 6.84. The van der Waals surface area contributed by atoms with E-state index < -0.39 is 12.2 Å². The van der Waals surface area contributed by atoms with Crippen LogP contribution in [0.4, 0.5) is 4.79 Å². The Kier molecular flexibility index (Phi) is 5.35. The third-order valence-electron chi connectivity index (χ3n) is 3.11. The lowest BCUT2D eigenvalue weighted by molar-refractivity contribution is 0.126. The molecule has 0 aliphatic heterocycles. The summed E-state index contributed by atoms with van der Waals surface area (Å²) in [6.45, 7) is 2.32. The van der Waals surface area contributed by atoms with Gasteiger partial charge in [-0.2, -0.15) is 0 Å². The van der Waals surface area contributed by atoms with Gasteiger partial charge in [0.15, 0.2) is 0 Å². The summed E-state index contributed by atoms with van der Waals surface area (Å²) in [7, 11) is 0. The molecule has 0 radical (unpaired) electrons. The Balaban J connectivity index is 1.74. The summed E-state index contributed by atoms with van der Waals surface area (Å²) < 4.78 is 5.07. The van der Waals surface area contributed by atoms with Crippen LogP contribution in [0.15, 0.2) is 54.6 Å². The summed E-state index contributed by atoms with van der Waals surface area (Å²) in [5, 5.41) is 12.5. The molecule has 0 spiro atoms. The fourth-order valence-electron chi connectivity index (χ4n) is 1.86.